The van der Waals surface area contributed by atoms with E-state index in [1.165, 1.54) is 0 Å². The number of carbonyl (C=O) groups is 2. The van der Waals surface area contributed by atoms with Crippen molar-refractivity contribution in [2.24, 2.45) is 5.92 Å². The van der Waals surface area contributed by atoms with Crippen LogP contribution in [0.2, 0.25) is 0 Å². The van der Waals surface area contributed by atoms with E-state index in [0.29, 0.717) is 39.4 Å². The van der Waals surface area contributed by atoms with E-state index in [2.05, 4.69) is 0 Å². The minimum atomic E-state index is -0.481. The monoisotopic (exact) mass is 284 g/mol. The molecule has 20 heavy (non-hydrogen) atoms. The molecule has 2 fully saturated rings. The Hall–Kier alpha value is -1.30. The summed E-state index contributed by atoms with van der Waals surface area (Å²) >= 11 is 0. The average Bonchev–Trinajstić information content (AvgIpc) is 2.90. The van der Waals surface area contributed by atoms with Crippen molar-refractivity contribution < 1.29 is 19.1 Å². The van der Waals surface area contributed by atoms with E-state index in [0.717, 1.165) is 6.42 Å². The molecule has 0 saturated carbocycles. The zero-order chi connectivity index (χ0) is 14.8. The molecule has 0 radical (unpaired) electrons. The summed E-state index contributed by atoms with van der Waals surface area (Å²) in [7, 11) is 0. The van der Waals surface area contributed by atoms with Crippen LogP contribution in [0.3, 0.4) is 0 Å². The maximum atomic E-state index is 12.2. The minimum absolute atomic E-state index is 0.00285. The van der Waals surface area contributed by atoms with Crippen molar-refractivity contribution in [2.45, 2.75) is 32.8 Å². The van der Waals surface area contributed by atoms with Crippen LogP contribution in [-0.4, -0.2) is 66.8 Å². The smallest absolute Gasteiger partial charge is 0.410 e. The Morgan fingerprint density at radius 1 is 1.10 bits per heavy atom. The number of ether oxygens (including phenoxy) is 2. The second-order valence-corrected chi connectivity index (χ2v) is 6.35. The fraction of sp³-hybridized carbons (Fsp3) is 0.857. The highest BCUT2D eigenvalue weighted by Crippen LogP contribution is 2.17. The van der Waals surface area contributed by atoms with Crippen molar-refractivity contribution in [2.75, 3.05) is 39.4 Å². The molecule has 2 rings (SSSR count). The molecule has 0 aromatic carbocycles. The number of hydrogen-bond acceptors (Lipinski definition) is 4. The molecule has 0 aliphatic carbocycles. The fourth-order valence-corrected chi connectivity index (χ4v) is 2.42. The van der Waals surface area contributed by atoms with Gasteiger partial charge in [0.15, 0.2) is 0 Å². The van der Waals surface area contributed by atoms with Crippen LogP contribution in [0, 0.1) is 5.92 Å². The van der Waals surface area contributed by atoms with Crippen molar-refractivity contribution in [1.82, 2.24) is 9.80 Å². The molecule has 2 heterocycles. The van der Waals surface area contributed by atoms with Crippen LogP contribution in [0.25, 0.3) is 0 Å². The third-order valence-electron chi connectivity index (χ3n) is 3.52. The molecule has 2 saturated heterocycles. The standard InChI is InChI=1S/C14H24N2O4/c1-14(2,3)20-13(18)16-7-5-15(6-8-16)12(17)11-4-9-19-10-11/h11H,4-10H2,1-3H3. The summed E-state index contributed by atoms with van der Waals surface area (Å²) in [6.45, 7) is 8.99. The lowest BCUT2D eigenvalue weighted by Gasteiger charge is -2.36. The lowest BCUT2D eigenvalue weighted by molar-refractivity contribution is -0.137. The van der Waals surface area contributed by atoms with E-state index in [-0.39, 0.29) is 17.9 Å². The van der Waals surface area contributed by atoms with Gasteiger partial charge in [-0.3, -0.25) is 4.79 Å². The quantitative estimate of drug-likeness (QED) is 0.723. The molecule has 2 aliphatic heterocycles. The molecule has 0 N–H and O–H groups in total. The van der Waals surface area contributed by atoms with E-state index >= 15 is 0 Å². The fourth-order valence-electron chi connectivity index (χ4n) is 2.42. The Morgan fingerprint density at radius 2 is 1.70 bits per heavy atom. The second-order valence-electron chi connectivity index (χ2n) is 6.35. The molecule has 1 unspecified atom stereocenters. The van der Waals surface area contributed by atoms with Gasteiger partial charge < -0.3 is 19.3 Å². The molecule has 6 heteroatoms. The number of carbonyl (C=O) groups excluding carboxylic acids is 2. The van der Waals surface area contributed by atoms with Crippen LogP contribution in [-0.2, 0) is 14.3 Å². The lowest BCUT2D eigenvalue weighted by Crippen LogP contribution is -2.52. The number of piperazine rings is 1. The van der Waals surface area contributed by atoms with Crippen molar-refractivity contribution >= 4 is 12.0 Å². The Bertz CT molecular complexity index is 364. The van der Waals surface area contributed by atoms with E-state index in [4.69, 9.17) is 9.47 Å². The van der Waals surface area contributed by atoms with Gasteiger partial charge in [0.05, 0.1) is 12.5 Å². The molecule has 0 spiro atoms. The van der Waals surface area contributed by atoms with Crippen LogP contribution >= 0.6 is 0 Å². The van der Waals surface area contributed by atoms with Gasteiger partial charge >= 0.3 is 6.09 Å². The van der Waals surface area contributed by atoms with Gasteiger partial charge in [0, 0.05) is 32.8 Å². The first-order valence-electron chi connectivity index (χ1n) is 7.21. The zero-order valence-corrected chi connectivity index (χ0v) is 12.6. The van der Waals surface area contributed by atoms with Gasteiger partial charge in [0.25, 0.3) is 0 Å². The maximum Gasteiger partial charge on any atom is 0.410 e. The van der Waals surface area contributed by atoms with Crippen LogP contribution in [0.1, 0.15) is 27.2 Å². The first-order chi connectivity index (χ1) is 9.37. The van der Waals surface area contributed by atoms with Gasteiger partial charge in [0.1, 0.15) is 5.60 Å². The molecular weight excluding hydrogens is 260 g/mol. The summed E-state index contributed by atoms with van der Waals surface area (Å²) in [5, 5.41) is 0. The summed E-state index contributed by atoms with van der Waals surface area (Å²) in [5.74, 6) is 0.161. The predicted molar refractivity (Wildman–Crippen MR) is 73.3 cm³/mol. The number of amides is 2. The molecule has 6 nitrogen and oxygen atoms in total. The zero-order valence-electron chi connectivity index (χ0n) is 12.6. The van der Waals surface area contributed by atoms with E-state index in [9.17, 15) is 9.59 Å². The van der Waals surface area contributed by atoms with Crippen LogP contribution in [0.15, 0.2) is 0 Å². The van der Waals surface area contributed by atoms with Crippen molar-refractivity contribution in [3.63, 3.8) is 0 Å². The van der Waals surface area contributed by atoms with Gasteiger partial charge in [-0.05, 0) is 27.2 Å². The van der Waals surface area contributed by atoms with E-state index in [1.807, 2.05) is 25.7 Å². The summed E-state index contributed by atoms with van der Waals surface area (Å²) in [6.07, 6.45) is 0.513. The average molecular weight is 284 g/mol. The van der Waals surface area contributed by atoms with Crippen LogP contribution in [0.4, 0.5) is 4.79 Å². The van der Waals surface area contributed by atoms with Crippen LogP contribution < -0.4 is 0 Å². The highest BCUT2D eigenvalue weighted by atomic mass is 16.6. The number of nitrogens with zero attached hydrogens (tertiary/aromatic N) is 2. The van der Waals surface area contributed by atoms with Gasteiger partial charge in [0.2, 0.25) is 5.91 Å². The molecule has 0 aromatic heterocycles. The van der Waals surface area contributed by atoms with E-state index in [1.54, 1.807) is 4.90 Å². The largest absolute Gasteiger partial charge is 0.444 e. The summed E-state index contributed by atoms with van der Waals surface area (Å²) in [5.41, 5.74) is -0.481. The highest BCUT2D eigenvalue weighted by Gasteiger charge is 2.32. The summed E-state index contributed by atoms with van der Waals surface area (Å²) in [6, 6.07) is 0. The molecule has 114 valence electrons. The molecular formula is C14H24N2O4. The Kier molecular flexibility index (Phi) is 4.52. The summed E-state index contributed by atoms with van der Waals surface area (Å²) < 4.78 is 10.6. The maximum absolute atomic E-state index is 12.2. The minimum Gasteiger partial charge on any atom is -0.444 e. The van der Waals surface area contributed by atoms with Crippen molar-refractivity contribution in [3.05, 3.63) is 0 Å². The Morgan fingerprint density at radius 3 is 2.20 bits per heavy atom. The van der Waals surface area contributed by atoms with Gasteiger partial charge in [-0.2, -0.15) is 0 Å². The second kappa shape index (κ2) is 5.99. The van der Waals surface area contributed by atoms with Gasteiger partial charge in [-0.25, -0.2) is 4.79 Å². The van der Waals surface area contributed by atoms with Crippen LogP contribution in [0.5, 0.6) is 0 Å². The molecule has 0 aromatic rings. The van der Waals surface area contributed by atoms with Gasteiger partial charge in [-0.1, -0.05) is 0 Å². The molecule has 0 bridgehead atoms. The summed E-state index contributed by atoms with van der Waals surface area (Å²) in [4.78, 5) is 27.6. The molecule has 2 aliphatic rings. The molecule has 2 amide bonds. The van der Waals surface area contributed by atoms with E-state index < -0.39 is 5.60 Å². The lowest BCUT2D eigenvalue weighted by atomic mass is 10.1. The number of rotatable bonds is 1. The topological polar surface area (TPSA) is 59.1 Å². The Balaban J connectivity index is 1.80. The van der Waals surface area contributed by atoms with Crippen molar-refractivity contribution in [3.8, 4) is 0 Å². The molecule has 1 atom stereocenters. The Labute approximate surface area is 120 Å². The third kappa shape index (κ3) is 3.85. The predicted octanol–water partition coefficient (Wildman–Crippen LogP) is 1.10. The first-order valence-corrected chi connectivity index (χ1v) is 7.21. The van der Waals surface area contributed by atoms with Crippen molar-refractivity contribution in [1.29, 1.82) is 0 Å². The third-order valence-corrected chi connectivity index (χ3v) is 3.52. The highest BCUT2D eigenvalue weighted by molar-refractivity contribution is 5.79. The first kappa shape index (κ1) is 15.1. The normalized spacial score (nSPS) is 23.9. The van der Waals surface area contributed by atoms with Gasteiger partial charge in [-0.15, -0.1) is 0 Å². The SMILES string of the molecule is CC(C)(C)OC(=O)N1CCN(C(=O)C2CCOC2)CC1. The number of hydrogen-bond donors (Lipinski definition) is 0.